The Hall–Kier alpha value is -3.16. The first-order chi connectivity index (χ1) is 13.3. The molecule has 28 heavy (non-hydrogen) atoms. The summed E-state index contributed by atoms with van der Waals surface area (Å²) in [5, 5.41) is 13.7. The van der Waals surface area contributed by atoms with Gasteiger partial charge in [0, 0.05) is 23.8 Å². The Bertz CT molecular complexity index is 1100. The smallest absolute Gasteiger partial charge is 0.271 e. The van der Waals surface area contributed by atoms with Crippen LogP contribution in [-0.2, 0) is 4.79 Å². The molecule has 0 atom stereocenters. The number of halogens is 3. The highest BCUT2D eigenvalue weighted by atomic mass is 35.5. The molecule has 0 unspecified atom stereocenters. The van der Waals surface area contributed by atoms with Crippen molar-refractivity contribution in [3.63, 3.8) is 0 Å². The Morgan fingerprint density at radius 2 is 1.96 bits per heavy atom. The van der Waals surface area contributed by atoms with Gasteiger partial charge in [-0.05, 0) is 36.4 Å². The molecule has 0 saturated carbocycles. The van der Waals surface area contributed by atoms with Crippen molar-refractivity contribution >= 4 is 46.6 Å². The fraction of sp³-hybridized carbons (Fsp3) is 0. The van der Waals surface area contributed by atoms with Crippen LogP contribution in [0.1, 0.15) is 5.76 Å². The van der Waals surface area contributed by atoms with Crippen LogP contribution in [0.3, 0.4) is 0 Å². The van der Waals surface area contributed by atoms with Gasteiger partial charge in [0.05, 0.1) is 20.7 Å². The summed E-state index contributed by atoms with van der Waals surface area (Å²) in [5.74, 6) is -0.667. The lowest BCUT2D eigenvalue weighted by Crippen LogP contribution is -2.09. The van der Waals surface area contributed by atoms with Crippen molar-refractivity contribution in [2.45, 2.75) is 0 Å². The zero-order valence-electron chi connectivity index (χ0n) is 14.0. The maximum atomic E-state index is 13.7. The summed E-state index contributed by atoms with van der Waals surface area (Å²) >= 11 is 12.1. The highest BCUT2D eigenvalue weighted by Crippen LogP contribution is 2.34. The van der Waals surface area contributed by atoms with E-state index in [-0.39, 0.29) is 11.4 Å². The monoisotopic (exact) mass is 420 g/mol. The van der Waals surface area contributed by atoms with E-state index >= 15 is 0 Å². The third-order valence-electron chi connectivity index (χ3n) is 3.66. The van der Waals surface area contributed by atoms with Gasteiger partial charge in [0.25, 0.3) is 5.69 Å². The number of non-ortho nitro benzene ring substituents is 1. The Labute approximate surface area is 168 Å². The van der Waals surface area contributed by atoms with Gasteiger partial charge in [-0.25, -0.2) is 4.39 Å². The van der Waals surface area contributed by atoms with Crippen molar-refractivity contribution in [3.05, 3.63) is 86.3 Å². The Kier molecular flexibility index (Phi) is 5.77. The summed E-state index contributed by atoms with van der Waals surface area (Å²) in [7, 11) is 0. The van der Waals surface area contributed by atoms with Crippen molar-refractivity contribution in [3.8, 4) is 11.3 Å². The summed E-state index contributed by atoms with van der Waals surface area (Å²) in [6.45, 7) is 0. The first-order valence-corrected chi connectivity index (χ1v) is 8.58. The third-order valence-corrected chi connectivity index (χ3v) is 4.48. The minimum atomic E-state index is -0.789. The average molecular weight is 421 g/mol. The van der Waals surface area contributed by atoms with E-state index in [0.29, 0.717) is 27.1 Å². The molecule has 1 N–H and O–H groups in total. The summed E-state index contributed by atoms with van der Waals surface area (Å²) in [4.78, 5) is 22.0. The molecule has 9 heteroatoms. The van der Waals surface area contributed by atoms with E-state index in [9.17, 15) is 19.3 Å². The number of hydrogen-bond acceptors (Lipinski definition) is 4. The van der Waals surface area contributed by atoms with Crippen LogP contribution in [0, 0.1) is 15.9 Å². The molecule has 2 aromatic carbocycles. The topological polar surface area (TPSA) is 85.4 Å². The number of amides is 1. The molecule has 142 valence electrons. The predicted molar refractivity (Wildman–Crippen MR) is 105 cm³/mol. The van der Waals surface area contributed by atoms with Crippen LogP contribution in [0.5, 0.6) is 0 Å². The molecule has 3 rings (SSSR count). The van der Waals surface area contributed by atoms with Crippen LogP contribution in [0.15, 0.2) is 59.0 Å². The zero-order chi connectivity index (χ0) is 20.3. The van der Waals surface area contributed by atoms with E-state index < -0.39 is 16.6 Å². The Balaban J connectivity index is 1.74. The van der Waals surface area contributed by atoms with Crippen LogP contribution in [0.25, 0.3) is 17.4 Å². The molecule has 3 aromatic rings. The van der Waals surface area contributed by atoms with Gasteiger partial charge in [0.2, 0.25) is 5.91 Å². The van der Waals surface area contributed by atoms with Crippen LogP contribution in [-0.4, -0.2) is 10.8 Å². The molecule has 0 saturated heterocycles. The Morgan fingerprint density at radius 3 is 2.71 bits per heavy atom. The molecule has 0 radical (unpaired) electrons. The molecule has 0 fully saturated rings. The fourth-order valence-corrected chi connectivity index (χ4v) is 2.73. The molecule has 0 aliphatic rings. The van der Waals surface area contributed by atoms with Crippen LogP contribution < -0.4 is 5.32 Å². The lowest BCUT2D eigenvalue weighted by molar-refractivity contribution is -0.384. The fourth-order valence-electron chi connectivity index (χ4n) is 2.34. The second kappa shape index (κ2) is 8.24. The number of nitrogens with one attached hydrogen (secondary N) is 1. The number of nitro groups is 1. The lowest BCUT2D eigenvalue weighted by atomic mass is 10.2. The maximum Gasteiger partial charge on any atom is 0.271 e. The van der Waals surface area contributed by atoms with Crippen molar-refractivity contribution < 1.29 is 18.5 Å². The van der Waals surface area contributed by atoms with E-state index in [0.717, 1.165) is 24.3 Å². The summed E-state index contributed by atoms with van der Waals surface area (Å²) in [6, 6.07) is 11.2. The highest BCUT2D eigenvalue weighted by molar-refractivity contribution is 6.43. The van der Waals surface area contributed by atoms with Gasteiger partial charge < -0.3 is 9.73 Å². The standard InChI is InChI=1S/C19H11Cl2FN2O4/c20-14-3-1-2-13(19(14)21)17-8-5-12(28-17)6-9-18(25)23-16-10-11(24(26)27)4-7-15(16)22/h1-10H,(H,23,25). The van der Waals surface area contributed by atoms with Gasteiger partial charge in [0.15, 0.2) is 0 Å². The van der Waals surface area contributed by atoms with Crippen LogP contribution in [0.2, 0.25) is 10.0 Å². The number of hydrogen-bond donors (Lipinski definition) is 1. The molecule has 0 aliphatic carbocycles. The van der Waals surface area contributed by atoms with E-state index in [2.05, 4.69) is 5.32 Å². The van der Waals surface area contributed by atoms with Crippen molar-refractivity contribution in [2.24, 2.45) is 0 Å². The predicted octanol–water partition coefficient (Wildman–Crippen LogP) is 5.95. The first-order valence-electron chi connectivity index (χ1n) is 7.82. The first kappa shape index (κ1) is 19.6. The van der Waals surface area contributed by atoms with Crippen molar-refractivity contribution in [1.29, 1.82) is 0 Å². The van der Waals surface area contributed by atoms with Crippen LogP contribution >= 0.6 is 23.2 Å². The number of carbonyl (C=O) groups is 1. The third kappa shape index (κ3) is 4.39. The van der Waals surface area contributed by atoms with Crippen LogP contribution in [0.4, 0.5) is 15.8 Å². The number of benzene rings is 2. The normalized spacial score (nSPS) is 11.0. The van der Waals surface area contributed by atoms with Gasteiger partial charge in [0.1, 0.15) is 17.3 Å². The summed E-state index contributed by atoms with van der Waals surface area (Å²) < 4.78 is 19.3. The van der Waals surface area contributed by atoms with E-state index in [4.69, 9.17) is 27.6 Å². The maximum absolute atomic E-state index is 13.7. The quantitative estimate of drug-likeness (QED) is 0.313. The lowest BCUT2D eigenvalue weighted by Gasteiger charge is -2.03. The SMILES string of the molecule is O=C(C=Cc1ccc(-c2cccc(Cl)c2Cl)o1)Nc1cc([N+](=O)[O-])ccc1F. The molecule has 1 aromatic heterocycles. The second-order valence-electron chi connectivity index (χ2n) is 5.55. The van der Waals surface area contributed by atoms with Gasteiger partial charge in [-0.3, -0.25) is 14.9 Å². The minimum absolute atomic E-state index is 0.297. The molecule has 0 aliphatic heterocycles. The number of nitro benzene ring substituents is 1. The minimum Gasteiger partial charge on any atom is -0.457 e. The molecule has 0 bridgehead atoms. The number of anilines is 1. The average Bonchev–Trinajstić information content (AvgIpc) is 3.12. The zero-order valence-corrected chi connectivity index (χ0v) is 15.5. The molecule has 1 amide bonds. The molecular weight excluding hydrogens is 410 g/mol. The largest absolute Gasteiger partial charge is 0.457 e. The second-order valence-corrected chi connectivity index (χ2v) is 6.33. The summed E-state index contributed by atoms with van der Waals surface area (Å²) in [5.41, 5.74) is -0.0404. The van der Waals surface area contributed by atoms with Gasteiger partial charge in [-0.1, -0.05) is 29.3 Å². The van der Waals surface area contributed by atoms with E-state index in [1.54, 1.807) is 30.3 Å². The van der Waals surface area contributed by atoms with Gasteiger partial charge in [-0.15, -0.1) is 0 Å². The molecule has 6 nitrogen and oxygen atoms in total. The molecule has 1 heterocycles. The Morgan fingerprint density at radius 1 is 1.18 bits per heavy atom. The summed E-state index contributed by atoms with van der Waals surface area (Å²) in [6.07, 6.45) is 2.48. The van der Waals surface area contributed by atoms with Gasteiger partial charge in [-0.2, -0.15) is 0 Å². The molecule has 0 spiro atoms. The van der Waals surface area contributed by atoms with E-state index in [1.165, 1.54) is 6.08 Å². The number of rotatable bonds is 5. The van der Waals surface area contributed by atoms with Crippen molar-refractivity contribution in [1.82, 2.24) is 0 Å². The highest BCUT2D eigenvalue weighted by Gasteiger charge is 2.13. The van der Waals surface area contributed by atoms with Crippen molar-refractivity contribution in [2.75, 3.05) is 5.32 Å². The van der Waals surface area contributed by atoms with Gasteiger partial charge >= 0.3 is 0 Å². The number of furan rings is 1. The molecular formula is C19H11Cl2FN2O4. The number of nitrogens with zero attached hydrogens (tertiary/aromatic N) is 1. The number of carbonyl (C=O) groups excluding carboxylic acids is 1. The van der Waals surface area contributed by atoms with E-state index in [1.807, 2.05) is 0 Å².